The van der Waals surface area contributed by atoms with Crippen LogP contribution in [0.5, 0.6) is 5.75 Å². The molecule has 1 aliphatic heterocycles. The van der Waals surface area contributed by atoms with E-state index in [9.17, 15) is 4.79 Å². The number of hydrogen-bond donors (Lipinski definition) is 0. The molecule has 1 amide bonds. The minimum Gasteiger partial charge on any atom is -0.496 e. The summed E-state index contributed by atoms with van der Waals surface area (Å²) in [6, 6.07) is 7.49. The van der Waals surface area contributed by atoms with Gasteiger partial charge in [0.05, 0.1) is 12.7 Å². The van der Waals surface area contributed by atoms with Gasteiger partial charge in [-0.25, -0.2) is 0 Å². The highest BCUT2D eigenvalue weighted by Crippen LogP contribution is 2.27. The molecule has 1 aliphatic rings. The summed E-state index contributed by atoms with van der Waals surface area (Å²) >= 11 is 0. The predicted octanol–water partition coefficient (Wildman–Crippen LogP) is 2.85. The monoisotopic (exact) mass is 411 g/mol. The van der Waals surface area contributed by atoms with Gasteiger partial charge < -0.3 is 18.7 Å². The van der Waals surface area contributed by atoms with Crippen molar-refractivity contribution in [2.45, 2.75) is 39.0 Å². The van der Waals surface area contributed by atoms with Gasteiger partial charge in [-0.1, -0.05) is 22.4 Å². The summed E-state index contributed by atoms with van der Waals surface area (Å²) in [7, 11) is 1.60. The summed E-state index contributed by atoms with van der Waals surface area (Å²) < 4.78 is 15.7. The molecule has 1 aromatic carbocycles. The van der Waals surface area contributed by atoms with E-state index in [4.69, 9.17) is 13.8 Å². The van der Waals surface area contributed by atoms with Gasteiger partial charge in [0.15, 0.2) is 5.82 Å². The number of carbonyl (C=O) groups is 1. The molecule has 0 saturated carbocycles. The highest BCUT2D eigenvalue weighted by molar-refractivity contribution is 5.76. The van der Waals surface area contributed by atoms with Crippen molar-refractivity contribution < 1.29 is 18.6 Å². The number of aryl methyl sites for hydroxylation is 2. The number of piperidine rings is 1. The van der Waals surface area contributed by atoms with E-state index in [0.29, 0.717) is 42.1 Å². The van der Waals surface area contributed by atoms with Gasteiger partial charge in [-0.15, -0.1) is 0 Å². The normalized spacial score (nSPS) is 14.8. The van der Waals surface area contributed by atoms with E-state index >= 15 is 0 Å². The van der Waals surface area contributed by atoms with Crippen molar-refractivity contribution in [1.82, 2.24) is 25.2 Å². The topological polar surface area (TPSA) is 107 Å². The maximum absolute atomic E-state index is 12.6. The molecule has 3 aromatic rings. The summed E-state index contributed by atoms with van der Waals surface area (Å²) in [5.41, 5.74) is 0.764. The molecule has 1 fully saturated rings. The van der Waals surface area contributed by atoms with Gasteiger partial charge in [-0.05, 0) is 30.9 Å². The first-order valence-corrected chi connectivity index (χ1v) is 10.2. The second kappa shape index (κ2) is 9.06. The number of aromatic nitrogens is 4. The van der Waals surface area contributed by atoms with E-state index in [1.807, 2.05) is 29.2 Å². The third-order valence-electron chi connectivity index (χ3n) is 5.38. The SMILES string of the molecule is COc1ccccc1-c1noc(CCC(=O)N2CCC(Cc3noc(C)n3)CC2)n1. The maximum Gasteiger partial charge on any atom is 0.227 e. The largest absolute Gasteiger partial charge is 0.496 e. The third kappa shape index (κ3) is 4.67. The molecule has 0 unspecified atom stereocenters. The lowest BCUT2D eigenvalue weighted by atomic mass is 9.93. The van der Waals surface area contributed by atoms with E-state index < -0.39 is 0 Å². The Morgan fingerprint density at radius 1 is 1.17 bits per heavy atom. The Balaban J connectivity index is 1.26. The zero-order valence-corrected chi connectivity index (χ0v) is 17.2. The van der Waals surface area contributed by atoms with Crippen molar-refractivity contribution in [2.75, 3.05) is 20.2 Å². The van der Waals surface area contributed by atoms with Gasteiger partial charge >= 0.3 is 0 Å². The van der Waals surface area contributed by atoms with E-state index in [-0.39, 0.29) is 5.91 Å². The Hall–Kier alpha value is -3.23. The van der Waals surface area contributed by atoms with Crippen molar-refractivity contribution in [3.8, 4) is 17.1 Å². The molecule has 0 bridgehead atoms. The van der Waals surface area contributed by atoms with Gasteiger partial charge in [0.2, 0.25) is 23.5 Å². The molecule has 1 saturated heterocycles. The van der Waals surface area contributed by atoms with Crippen LogP contribution in [0, 0.1) is 12.8 Å². The molecule has 0 aliphatic carbocycles. The van der Waals surface area contributed by atoms with Gasteiger partial charge in [-0.2, -0.15) is 9.97 Å². The molecule has 30 heavy (non-hydrogen) atoms. The average Bonchev–Trinajstić information content (AvgIpc) is 3.41. The summed E-state index contributed by atoms with van der Waals surface area (Å²) in [5.74, 6) is 3.53. The van der Waals surface area contributed by atoms with Crippen molar-refractivity contribution >= 4 is 5.91 Å². The number of rotatable bonds is 7. The van der Waals surface area contributed by atoms with Crippen LogP contribution < -0.4 is 4.74 Å². The zero-order valence-electron chi connectivity index (χ0n) is 17.2. The average molecular weight is 411 g/mol. The number of methoxy groups -OCH3 is 1. The van der Waals surface area contributed by atoms with Crippen LogP contribution in [0.4, 0.5) is 0 Å². The quantitative estimate of drug-likeness (QED) is 0.584. The van der Waals surface area contributed by atoms with Crippen LogP contribution >= 0.6 is 0 Å². The molecule has 4 rings (SSSR count). The zero-order chi connectivity index (χ0) is 20.9. The second-order valence-corrected chi connectivity index (χ2v) is 7.47. The van der Waals surface area contributed by atoms with Crippen LogP contribution in [-0.4, -0.2) is 51.3 Å². The fraction of sp³-hybridized carbons (Fsp3) is 0.476. The fourth-order valence-corrected chi connectivity index (χ4v) is 3.74. The third-order valence-corrected chi connectivity index (χ3v) is 5.38. The van der Waals surface area contributed by atoms with Crippen LogP contribution in [0.3, 0.4) is 0 Å². The number of ether oxygens (including phenoxy) is 1. The van der Waals surface area contributed by atoms with Crippen LogP contribution in [0.15, 0.2) is 33.3 Å². The van der Waals surface area contributed by atoms with Crippen LogP contribution in [0.1, 0.15) is 36.9 Å². The van der Waals surface area contributed by atoms with Gasteiger partial charge in [0.1, 0.15) is 5.75 Å². The fourth-order valence-electron chi connectivity index (χ4n) is 3.74. The summed E-state index contributed by atoms with van der Waals surface area (Å²) in [6.07, 6.45) is 3.45. The molecular formula is C21H25N5O4. The summed E-state index contributed by atoms with van der Waals surface area (Å²) in [4.78, 5) is 23.2. The number of hydrogen-bond acceptors (Lipinski definition) is 8. The van der Waals surface area contributed by atoms with E-state index in [0.717, 1.165) is 43.7 Å². The minimum atomic E-state index is 0.112. The highest BCUT2D eigenvalue weighted by Gasteiger charge is 2.24. The Kier molecular flexibility index (Phi) is 6.06. The molecule has 9 nitrogen and oxygen atoms in total. The predicted molar refractivity (Wildman–Crippen MR) is 107 cm³/mol. The molecule has 158 valence electrons. The number of nitrogens with zero attached hydrogens (tertiary/aromatic N) is 5. The molecule has 2 aromatic heterocycles. The summed E-state index contributed by atoms with van der Waals surface area (Å²) in [5, 5.41) is 7.99. The first-order chi connectivity index (χ1) is 14.6. The van der Waals surface area contributed by atoms with Crippen LogP contribution in [0.2, 0.25) is 0 Å². The Labute approximate surface area is 174 Å². The molecular weight excluding hydrogens is 386 g/mol. The number of para-hydroxylation sites is 1. The van der Waals surface area contributed by atoms with Gasteiger partial charge in [-0.3, -0.25) is 4.79 Å². The van der Waals surface area contributed by atoms with Gasteiger partial charge in [0.25, 0.3) is 0 Å². The smallest absolute Gasteiger partial charge is 0.227 e. The van der Waals surface area contributed by atoms with Crippen molar-refractivity contribution in [3.63, 3.8) is 0 Å². The molecule has 0 spiro atoms. The lowest BCUT2D eigenvalue weighted by Crippen LogP contribution is -2.39. The van der Waals surface area contributed by atoms with Crippen molar-refractivity contribution in [3.05, 3.63) is 41.9 Å². The van der Waals surface area contributed by atoms with Crippen LogP contribution in [0.25, 0.3) is 11.4 Å². The minimum absolute atomic E-state index is 0.112. The Morgan fingerprint density at radius 2 is 1.97 bits per heavy atom. The Morgan fingerprint density at radius 3 is 2.70 bits per heavy atom. The lowest BCUT2D eigenvalue weighted by molar-refractivity contribution is -0.132. The van der Waals surface area contributed by atoms with Gasteiger partial charge in [0, 0.05) is 39.3 Å². The standard InChI is InChI=1S/C21H25N5O4/c1-14-22-18(24-29-14)13-15-9-11-26(12-10-15)20(27)8-7-19-23-21(25-30-19)16-5-3-4-6-17(16)28-2/h3-6,15H,7-13H2,1-2H3. The molecule has 9 heteroatoms. The van der Waals surface area contributed by atoms with E-state index in [1.54, 1.807) is 14.0 Å². The van der Waals surface area contributed by atoms with Crippen molar-refractivity contribution in [2.24, 2.45) is 5.92 Å². The van der Waals surface area contributed by atoms with E-state index in [2.05, 4.69) is 20.3 Å². The first kappa shape index (κ1) is 20.1. The second-order valence-electron chi connectivity index (χ2n) is 7.47. The number of carbonyl (C=O) groups excluding carboxylic acids is 1. The molecule has 3 heterocycles. The molecule has 0 atom stereocenters. The molecule has 0 radical (unpaired) electrons. The lowest BCUT2D eigenvalue weighted by Gasteiger charge is -2.31. The number of likely N-dealkylation sites (tertiary alicyclic amines) is 1. The Bertz CT molecular complexity index is 991. The van der Waals surface area contributed by atoms with E-state index in [1.165, 1.54) is 0 Å². The maximum atomic E-state index is 12.6. The number of benzene rings is 1. The molecule has 0 N–H and O–H groups in total. The van der Waals surface area contributed by atoms with Crippen molar-refractivity contribution in [1.29, 1.82) is 0 Å². The number of amides is 1. The highest BCUT2D eigenvalue weighted by atomic mass is 16.5. The van der Waals surface area contributed by atoms with Crippen LogP contribution in [-0.2, 0) is 17.6 Å². The summed E-state index contributed by atoms with van der Waals surface area (Å²) in [6.45, 7) is 3.29. The first-order valence-electron chi connectivity index (χ1n) is 10.2.